The Labute approximate surface area is 129 Å². The van der Waals surface area contributed by atoms with Crippen LogP contribution >= 0.6 is 0 Å². The molecule has 1 saturated heterocycles. The van der Waals surface area contributed by atoms with Gasteiger partial charge in [0, 0.05) is 25.9 Å². The molecule has 8 heteroatoms. The number of aromatic amines is 1. The molecule has 0 unspecified atom stereocenters. The summed E-state index contributed by atoms with van der Waals surface area (Å²) in [5.74, 6) is 3.14. The number of H-pyrrole nitrogens is 1. The maximum Gasteiger partial charge on any atom is 0.246 e. The Bertz CT molecular complexity index is 622. The van der Waals surface area contributed by atoms with Gasteiger partial charge in [-0.3, -0.25) is 10.00 Å². The van der Waals surface area contributed by atoms with E-state index in [9.17, 15) is 0 Å². The van der Waals surface area contributed by atoms with Gasteiger partial charge >= 0.3 is 0 Å². The Morgan fingerprint density at radius 3 is 2.77 bits per heavy atom. The van der Waals surface area contributed by atoms with E-state index in [1.165, 1.54) is 0 Å². The third-order valence-corrected chi connectivity index (χ3v) is 3.59. The summed E-state index contributed by atoms with van der Waals surface area (Å²) in [6, 6.07) is 0. The minimum atomic E-state index is -0.197. The number of aromatic nitrogens is 5. The van der Waals surface area contributed by atoms with E-state index in [-0.39, 0.29) is 12.2 Å². The van der Waals surface area contributed by atoms with Crippen molar-refractivity contribution in [3.05, 3.63) is 23.4 Å². The summed E-state index contributed by atoms with van der Waals surface area (Å²) in [4.78, 5) is 6.80. The minimum absolute atomic E-state index is 0.0958. The molecule has 8 nitrogen and oxygen atoms in total. The average Bonchev–Trinajstić information content (AvgIpc) is 3.07. The van der Waals surface area contributed by atoms with Crippen molar-refractivity contribution in [1.29, 1.82) is 0 Å². The topological polar surface area (TPSA) is 93.0 Å². The summed E-state index contributed by atoms with van der Waals surface area (Å²) in [7, 11) is 0. The van der Waals surface area contributed by atoms with Crippen molar-refractivity contribution in [2.75, 3.05) is 13.1 Å². The maximum atomic E-state index is 5.91. The molecule has 2 aromatic rings. The maximum absolute atomic E-state index is 5.91. The number of morpholine rings is 1. The summed E-state index contributed by atoms with van der Waals surface area (Å²) in [6.07, 6.45) is -0.101. The standard InChI is InChI=1S/C14H22N6O2/c1-8(2)13-15-12(17-18-13)7-20-5-9(3)21-11(6-20)14-19-16-10(4)22-14/h8-9,11H,5-7H2,1-4H3,(H,15,17,18)/t9-,11-/m1/s1. The fourth-order valence-electron chi connectivity index (χ4n) is 2.60. The second kappa shape index (κ2) is 6.13. The lowest BCUT2D eigenvalue weighted by atomic mass is 10.2. The number of rotatable bonds is 4. The zero-order valence-electron chi connectivity index (χ0n) is 13.4. The van der Waals surface area contributed by atoms with Gasteiger partial charge in [0.2, 0.25) is 11.8 Å². The van der Waals surface area contributed by atoms with Crippen LogP contribution < -0.4 is 0 Å². The molecule has 22 heavy (non-hydrogen) atoms. The third-order valence-electron chi connectivity index (χ3n) is 3.59. The smallest absolute Gasteiger partial charge is 0.246 e. The monoisotopic (exact) mass is 306 g/mol. The van der Waals surface area contributed by atoms with Gasteiger partial charge in [-0.2, -0.15) is 5.10 Å². The Balaban J connectivity index is 1.67. The van der Waals surface area contributed by atoms with Crippen molar-refractivity contribution in [2.45, 2.75) is 52.4 Å². The average molecular weight is 306 g/mol. The van der Waals surface area contributed by atoms with Crippen LogP contribution in [-0.2, 0) is 11.3 Å². The number of nitrogens with zero attached hydrogens (tertiary/aromatic N) is 5. The predicted octanol–water partition coefficient (Wildman–Crippen LogP) is 1.58. The first-order chi connectivity index (χ1) is 10.5. The fraction of sp³-hybridized carbons (Fsp3) is 0.714. The molecule has 1 N–H and O–H groups in total. The molecule has 2 atom stereocenters. The molecule has 120 valence electrons. The summed E-state index contributed by atoms with van der Waals surface area (Å²) in [6.45, 7) is 10.2. The molecule has 0 radical (unpaired) electrons. The highest BCUT2D eigenvalue weighted by Crippen LogP contribution is 2.25. The molecule has 1 aliphatic rings. The summed E-state index contributed by atoms with van der Waals surface area (Å²) >= 11 is 0. The van der Waals surface area contributed by atoms with Crippen LogP contribution in [0.25, 0.3) is 0 Å². The molecule has 0 spiro atoms. The SMILES string of the molecule is Cc1nnc([C@H]2CN(Cc3nc(C(C)C)n[nH]3)C[C@@H](C)O2)o1. The molecule has 0 amide bonds. The van der Waals surface area contributed by atoms with E-state index in [0.717, 1.165) is 18.2 Å². The Kier molecular flexibility index (Phi) is 4.21. The second-order valence-electron chi connectivity index (χ2n) is 6.08. The zero-order chi connectivity index (χ0) is 15.7. The molecule has 1 aliphatic heterocycles. The molecule has 0 aromatic carbocycles. The predicted molar refractivity (Wildman–Crippen MR) is 78.1 cm³/mol. The van der Waals surface area contributed by atoms with Crippen LogP contribution in [0.2, 0.25) is 0 Å². The summed E-state index contributed by atoms with van der Waals surface area (Å²) in [5.41, 5.74) is 0. The van der Waals surface area contributed by atoms with Crippen LogP contribution in [0.15, 0.2) is 4.42 Å². The minimum Gasteiger partial charge on any atom is -0.423 e. The molecule has 3 heterocycles. The van der Waals surface area contributed by atoms with E-state index < -0.39 is 0 Å². The second-order valence-corrected chi connectivity index (χ2v) is 6.08. The van der Waals surface area contributed by atoms with Gasteiger partial charge in [0.1, 0.15) is 11.9 Å². The van der Waals surface area contributed by atoms with E-state index in [1.807, 2.05) is 6.92 Å². The Morgan fingerprint density at radius 1 is 1.32 bits per heavy atom. The van der Waals surface area contributed by atoms with Crippen molar-refractivity contribution >= 4 is 0 Å². The van der Waals surface area contributed by atoms with Crippen molar-refractivity contribution in [1.82, 2.24) is 30.3 Å². The molecule has 2 aromatic heterocycles. The van der Waals surface area contributed by atoms with Gasteiger partial charge in [0.15, 0.2) is 5.82 Å². The van der Waals surface area contributed by atoms with Crippen molar-refractivity contribution in [2.24, 2.45) is 0 Å². The molecular formula is C14H22N6O2. The largest absolute Gasteiger partial charge is 0.423 e. The Hall–Kier alpha value is -1.80. The molecule has 0 bridgehead atoms. The van der Waals surface area contributed by atoms with Crippen molar-refractivity contribution < 1.29 is 9.15 Å². The van der Waals surface area contributed by atoms with Gasteiger partial charge in [-0.25, -0.2) is 4.98 Å². The van der Waals surface area contributed by atoms with Crippen LogP contribution in [0.1, 0.15) is 56.2 Å². The number of aryl methyl sites for hydroxylation is 1. The lowest BCUT2D eigenvalue weighted by Gasteiger charge is -2.34. The number of ether oxygens (including phenoxy) is 1. The van der Waals surface area contributed by atoms with E-state index in [0.29, 0.717) is 30.8 Å². The Morgan fingerprint density at radius 2 is 2.14 bits per heavy atom. The van der Waals surface area contributed by atoms with Crippen LogP contribution in [0.5, 0.6) is 0 Å². The molecular weight excluding hydrogens is 284 g/mol. The van der Waals surface area contributed by atoms with Crippen LogP contribution in [0.4, 0.5) is 0 Å². The number of hydrogen-bond donors (Lipinski definition) is 1. The molecule has 3 rings (SSSR count). The van der Waals surface area contributed by atoms with Gasteiger partial charge in [0.05, 0.1) is 12.6 Å². The van der Waals surface area contributed by atoms with E-state index in [2.05, 4.69) is 44.1 Å². The quantitative estimate of drug-likeness (QED) is 0.916. The third kappa shape index (κ3) is 3.33. The van der Waals surface area contributed by atoms with E-state index in [1.54, 1.807) is 6.92 Å². The highest BCUT2D eigenvalue weighted by molar-refractivity contribution is 4.96. The number of hydrogen-bond acceptors (Lipinski definition) is 7. The van der Waals surface area contributed by atoms with Gasteiger partial charge in [0.25, 0.3) is 0 Å². The van der Waals surface area contributed by atoms with Gasteiger partial charge in [-0.05, 0) is 6.92 Å². The fourth-order valence-corrected chi connectivity index (χ4v) is 2.60. The van der Waals surface area contributed by atoms with Crippen LogP contribution in [0.3, 0.4) is 0 Å². The van der Waals surface area contributed by atoms with E-state index >= 15 is 0 Å². The first kappa shape index (κ1) is 15.1. The lowest BCUT2D eigenvalue weighted by molar-refractivity contribution is -0.0922. The van der Waals surface area contributed by atoms with Gasteiger partial charge in [-0.1, -0.05) is 13.8 Å². The lowest BCUT2D eigenvalue weighted by Crippen LogP contribution is -2.42. The van der Waals surface area contributed by atoms with Gasteiger partial charge < -0.3 is 9.15 Å². The molecule has 1 fully saturated rings. The van der Waals surface area contributed by atoms with Crippen LogP contribution in [0, 0.1) is 6.92 Å². The number of nitrogens with one attached hydrogen (secondary N) is 1. The summed E-state index contributed by atoms with van der Waals surface area (Å²) < 4.78 is 11.4. The summed E-state index contributed by atoms with van der Waals surface area (Å²) in [5, 5.41) is 15.2. The van der Waals surface area contributed by atoms with Crippen molar-refractivity contribution in [3.63, 3.8) is 0 Å². The molecule has 0 aliphatic carbocycles. The van der Waals surface area contributed by atoms with Gasteiger partial charge in [-0.15, -0.1) is 10.2 Å². The highest BCUT2D eigenvalue weighted by atomic mass is 16.5. The first-order valence-corrected chi connectivity index (χ1v) is 7.60. The normalized spacial score (nSPS) is 23.3. The highest BCUT2D eigenvalue weighted by Gasteiger charge is 2.30. The first-order valence-electron chi connectivity index (χ1n) is 7.60. The van der Waals surface area contributed by atoms with Crippen molar-refractivity contribution in [3.8, 4) is 0 Å². The zero-order valence-corrected chi connectivity index (χ0v) is 13.4. The van der Waals surface area contributed by atoms with E-state index in [4.69, 9.17) is 9.15 Å². The van der Waals surface area contributed by atoms with Crippen LogP contribution in [-0.4, -0.2) is 49.5 Å². The molecule has 0 saturated carbocycles.